The number of quaternary nitrogens is 1. The Bertz CT molecular complexity index is 357. The molecule has 1 atom stereocenters. The third kappa shape index (κ3) is 2.63. The average Bonchev–Trinajstić information content (AvgIpc) is 2.50. The molecular formula is C10H12ClF2N2+. The van der Waals surface area contributed by atoms with Crippen LogP contribution in [0.3, 0.4) is 0 Å². The van der Waals surface area contributed by atoms with Crippen LogP contribution in [0.4, 0.5) is 8.78 Å². The fourth-order valence-corrected chi connectivity index (χ4v) is 2.03. The predicted molar refractivity (Wildman–Crippen MR) is 53.2 cm³/mol. The van der Waals surface area contributed by atoms with Crippen molar-refractivity contribution in [2.75, 3.05) is 13.1 Å². The van der Waals surface area contributed by atoms with Gasteiger partial charge in [-0.25, -0.2) is 8.78 Å². The predicted octanol–water partition coefficient (Wildman–Crippen LogP) is 1.16. The first-order valence-electron chi connectivity index (χ1n) is 4.87. The number of nitrogens with one attached hydrogen (secondary N) is 1. The molecule has 82 valence electrons. The Balaban J connectivity index is 2.02. The zero-order valence-corrected chi connectivity index (χ0v) is 8.90. The minimum absolute atomic E-state index is 0.0276. The van der Waals surface area contributed by atoms with Crippen LogP contribution in [0.15, 0.2) is 18.5 Å². The molecular weight excluding hydrogens is 222 g/mol. The SMILES string of the molecule is FC1(F)CC[NH+](Cc2cnccc2Cl)C1. The van der Waals surface area contributed by atoms with Crippen LogP contribution < -0.4 is 4.90 Å². The minimum atomic E-state index is -2.51. The van der Waals surface area contributed by atoms with Gasteiger partial charge in [-0.15, -0.1) is 0 Å². The van der Waals surface area contributed by atoms with Gasteiger partial charge in [0.15, 0.2) is 0 Å². The van der Waals surface area contributed by atoms with Crippen LogP contribution >= 0.6 is 11.6 Å². The third-order valence-corrected chi connectivity index (χ3v) is 3.01. The molecule has 2 nitrogen and oxygen atoms in total. The molecule has 0 bridgehead atoms. The van der Waals surface area contributed by atoms with E-state index in [1.807, 2.05) is 0 Å². The van der Waals surface area contributed by atoms with Gasteiger partial charge in [-0.1, -0.05) is 11.6 Å². The molecule has 1 unspecified atom stereocenters. The van der Waals surface area contributed by atoms with E-state index in [2.05, 4.69) is 4.98 Å². The number of pyridine rings is 1. The van der Waals surface area contributed by atoms with E-state index in [0.29, 0.717) is 18.1 Å². The van der Waals surface area contributed by atoms with Gasteiger partial charge in [0.1, 0.15) is 13.1 Å². The summed E-state index contributed by atoms with van der Waals surface area (Å²) in [6, 6.07) is 1.69. The first kappa shape index (κ1) is 10.8. The lowest BCUT2D eigenvalue weighted by Gasteiger charge is -2.13. The second-order valence-electron chi connectivity index (χ2n) is 3.93. The summed E-state index contributed by atoms with van der Waals surface area (Å²) in [5, 5.41) is 0.604. The molecule has 0 spiro atoms. The zero-order valence-electron chi connectivity index (χ0n) is 8.14. The highest BCUT2D eigenvalue weighted by molar-refractivity contribution is 6.31. The number of rotatable bonds is 2. The Labute approximate surface area is 91.9 Å². The number of hydrogen-bond donors (Lipinski definition) is 1. The first-order chi connectivity index (χ1) is 7.07. The number of aromatic nitrogens is 1. The highest BCUT2D eigenvalue weighted by Gasteiger charge is 2.41. The quantitative estimate of drug-likeness (QED) is 0.812. The van der Waals surface area contributed by atoms with Gasteiger partial charge in [0.2, 0.25) is 0 Å². The monoisotopic (exact) mass is 233 g/mol. The standard InChI is InChI=1S/C10H11ClF2N2/c11-9-1-3-14-5-8(9)6-15-4-2-10(12,13)7-15/h1,3,5H,2,4,6-7H2/p+1. The molecule has 15 heavy (non-hydrogen) atoms. The minimum Gasteiger partial charge on any atom is -0.326 e. The summed E-state index contributed by atoms with van der Waals surface area (Å²) >= 11 is 5.93. The lowest BCUT2D eigenvalue weighted by Crippen LogP contribution is -3.09. The molecule has 2 rings (SSSR count). The van der Waals surface area contributed by atoms with Gasteiger partial charge in [-0.3, -0.25) is 4.98 Å². The van der Waals surface area contributed by atoms with E-state index in [1.165, 1.54) is 0 Å². The topological polar surface area (TPSA) is 17.3 Å². The van der Waals surface area contributed by atoms with E-state index >= 15 is 0 Å². The van der Waals surface area contributed by atoms with E-state index in [-0.39, 0.29) is 13.0 Å². The summed E-state index contributed by atoms with van der Waals surface area (Å²) in [6.45, 7) is 0.929. The van der Waals surface area contributed by atoms with Gasteiger partial charge in [0.25, 0.3) is 0 Å². The van der Waals surface area contributed by atoms with Gasteiger partial charge >= 0.3 is 5.92 Å². The molecule has 1 saturated heterocycles. The van der Waals surface area contributed by atoms with Crippen LogP contribution in [0.25, 0.3) is 0 Å². The summed E-state index contributed by atoms with van der Waals surface area (Å²) < 4.78 is 25.9. The van der Waals surface area contributed by atoms with Crippen LogP contribution in [-0.2, 0) is 6.54 Å². The largest absolute Gasteiger partial charge is 0.326 e. The normalized spacial score (nSPS) is 24.3. The average molecular weight is 234 g/mol. The Hall–Kier alpha value is -0.740. The Morgan fingerprint density at radius 2 is 2.33 bits per heavy atom. The smallest absolute Gasteiger partial charge is 0.300 e. The number of nitrogens with zero attached hydrogens (tertiary/aromatic N) is 1. The molecule has 1 aliphatic rings. The zero-order chi connectivity index (χ0) is 10.9. The lowest BCUT2D eigenvalue weighted by atomic mass is 10.2. The maximum Gasteiger partial charge on any atom is 0.300 e. The van der Waals surface area contributed by atoms with Crippen molar-refractivity contribution in [3.8, 4) is 0 Å². The molecule has 1 N–H and O–H groups in total. The molecule has 0 aromatic carbocycles. The van der Waals surface area contributed by atoms with E-state index in [0.717, 1.165) is 10.5 Å². The van der Waals surface area contributed by atoms with Crippen molar-refractivity contribution in [2.45, 2.75) is 18.9 Å². The van der Waals surface area contributed by atoms with E-state index < -0.39 is 5.92 Å². The summed E-state index contributed by atoms with van der Waals surface area (Å²) in [6.07, 6.45) is 3.21. The van der Waals surface area contributed by atoms with Crippen LogP contribution in [0.2, 0.25) is 5.02 Å². The molecule has 0 saturated carbocycles. The van der Waals surface area contributed by atoms with Crippen molar-refractivity contribution in [1.29, 1.82) is 0 Å². The Morgan fingerprint density at radius 1 is 1.53 bits per heavy atom. The molecule has 0 aliphatic carbocycles. The first-order valence-corrected chi connectivity index (χ1v) is 5.24. The summed E-state index contributed by atoms with van der Waals surface area (Å²) in [7, 11) is 0. The molecule has 2 heterocycles. The van der Waals surface area contributed by atoms with Crippen molar-refractivity contribution in [3.05, 3.63) is 29.0 Å². The molecule has 1 aliphatic heterocycles. The molecule has 0 amide bonds. The van der Waals surface area contributed by atoms with Crippen LogP contribution in [0, 0.1) is 0 Å². The van der Waals surface area contributed by atoms with Gasteiger partial charge in [0.05, 0.1) is 18.0 Å². The Morgan fingerprint density at radius 3 is 2.93 bits per heavy atom. The van der Waals surface area contributed by atoms with Crippen molar-refractivity contribution in [3.63, 3.8) is 0 Å². The van der Waals surface area contributed by atoms with E-state index in [9.17, 15) is 8.78 Å². The molecule has 1 aromatic heterocycles. The highest BCUT2D eigenvalue weighted by Crippen LogP contribution is 2.19. The van der Waals surface area contributed by atoms with Crippen molar-refractivity contribution in [1.82, 2.24) is 4.98 Å². The molecule has 1 fully saturated rings. The molecule has 5 heteroatoms. The summed E-state index contributed by atoms with van der Waals surface area (Å²) in [4.78, 5) is 4.81. The number of halogens is 3. The summed E-state index contributed by atoms with van der Waals surface area (Å²) in [5.41, 5.74) is 0.840. The summed E-state index contributed by atoms with van der Waals surface area (Å²) in [5.74, 6) is -2.51. The maximum atomic E-state index is 12.9. The number of alkyl halides is 2. The fraction of sp³-hybridized carbons (Fsp3) is 0.500. The van der Waals surface area contributed by atoms with E-state index in [4.69, 9.17) is 11.6 Å². The molecule has 1 aromatic rings. The maximum absolute atomic E-state index is 12.9. The molecule has 0 radical (unpaired) electrons. The van der Waals surface area contributed by atoms with Crippen LogP contribution in [-0.4, -0.2) is 24.0 Å². The van der Waals surface area contributed by atoms with Crippen molar-refractivity contribution in [2.24, 2.45) is 0 Å². The third-order valence-electron chi connectivity index (χ3n) is 2.64. The second-order valence-corrected chi connectivity index (χ2v) is 4.33. The fourth-order valence-electron chi connectivity index (χ4n) is 1.86. The second kappa shape index (κ2) is 4.02. The van der Waals surface area contributed by atoms with Crippen molar-refractivity contribution >= 4 is 11.6 Å². The van der Waals surface area contributed by atoms with Gasteiger partial charge in [-0.05, 0) is 6.07 Å². The number of hydrogen-bond acceptors (Lipinski definition) is 1. The van der Waals surface area contributed by atoms with Crippen LogP contribution in [0.1, 0.15) is 12.0 Å². The Kier molecular flexibility index (Phi) is 2.89. The van der Waals surface area contributed by atoms with Gasteiger partial charge in [0, 0.05) is 18.0 Å². The van der Waals surface area contributed by atoms with E-state index in [1.54, 1.807) is 18.5 Å². The van der Waals surface area contributed by atoms with Crippen molar-refractivity contribution < 1.29 is 13.7 Å². The number of likely N-dealkylation sites (tertiary alicyclic amines) is 1. The van der Waals surface area contributed by atoms with Crippen LogP contribution in [0.5, 0.6) is 0 Å². The van der Waals surface area contributed by atoms with Gasteiger partial charge < -0.3 is 4.90 Å². The lowest BCUT2D eigenvalue weighted by molar-refractivity contribution is -0.905. The highest BCUT2D eigenvalue weighted by atomic mass is 35.5. The van der Waals surface area contributed by atoms with Gasteiger partial charge in [-0.2, -0.15) is 0 Å².